The number of carbonyl (C=O) groups is 2. The highest BCUT2D eigenvalue weighted by Crippen LogP contribution is 2.44. The number of nitrogens with one attached hydrogen (secondary N) is 1. The Kier molecular flexibility index (Phi) is 14.7. The lowest BCUT2D eigenvalue weighted by atomic mass is 9.93. The summed E-state index contributed by atoms with van der Waals surface area (Å²) in [6.07, 6.45) is 4.07. The maximum atomic E-state index is 13.6. The molecule has 268 valence electrons. The van der Waals surface area contributed by atoms with E-state index in [-0.39, 0.29) is 35.5 Å². The number of fused-ring (bicyclic) bond motifs is 3. The molecule has 4 atom stereocenters. The van der Waals surface area contributed by atoms with E-state index in [1.165, 1.54) is 34.0 Å². The number of rotatable bonds is 19. The Balaban J connectivity index is 1.44. The van der Waals surface area contributed by atoms with Crippen molar-refractivity contribution in [1.82, 2.24) is 5.32 Å². The molecule has 8 heteroatoms. The predicted molar refractivity (Wildman–Crippen MR) is 209 cm³/mol. The highest BCUT2D eigenvalue weighted by molar-refractivity contribution is 8.13. The van der Waals surface area contributed by atoms with Crippen LogP contribution in [0, 0.1) is 17.8 Å². The molecule has 0 radical (unpaired) electrons. The second-order valence-corrected chi connectivity index (χ2v) is 18.7. The van der Waals surface area contributed by atoms with Crippen LogP contribution in [0.15, 0.2) is 104 Å². The number of hydrogen-bond acceptors (Lipinski definition) is 6. The van der Waals surface area contributed by atoms with Crippen LogP contribution >= 0.6 is 11.8 Å². The third-order valence-corrected chi connectivity index (χ3v) is 11.7. The molecule has 0 fully saturated rings. The first-order chi connectivity index (χ1) is 23.9. The van der Waals surface area contributed by atoms with Gasteiger partial charge in [0.2, 0.25) is 0 Å². The van der Waals surface area contributed by atoms with Crippen LogP contribution in [0.2, 0.25) is 13.1 Å². The van der Waals surface area contributed by atoms with Crippen molar-refractivity contribution in [3.63, 3.8) is 0 Å². The van der Waals surface area contributed by atoms with Gasteiger partial charge in [-0.15, -0.1) is 13.2 Å². The molecular weight excluding hydrogens is 659 g/mol. The molecule has 6 nitrogen and oxygen atoms in total. The number of hydrogen-bond donors (Lipinski definition) is 1. The lowest BCUT2D eigenvalue weighted by molar-refractivity contribution is -0.117. The number of amides is 1. The quantitative estimate of drug-likeness (QED) is 0.0985. The van der Waals surface area contributed by atoms with Crippen LogP contribution in [0.4, 0.5) is 4.79 Å². The monoisotopic (exact) mass is 713 g/mol. The van der Waals surface area contributed by atoms with Crippen molar-refractivity contribution < 1.29 is 23.2 Å². The normalized spacial score (nSPS) is 15.1. The maximum absolute atomic E-state index is 13.6. The van der Waals surface area contributed by atoms with Crippen LogP contribution < -0.4 is 5.32 Å². The summed E-state index contributed by atoms with van der Waals surface area (Å²) in [6.45, 7) is 20.8. The number of alkyl carbamates (subject to hydrolysis) is 1. The van der Waals surface area contributed by atoms with E-state index in [0.717, 1.165) is 5.56 Å². The van der Waals surface area contributed by atoms with E-state index < -0.39 is 26.9 Å². The second-order valence-electron chi connectivity index (χ2n) is 14.4. The van der Waals surface area contributed by atoms with Crippen molar-refractivity contribution in [3.05, 3.63) is 121 Å². The van der Waals surface area contributed by atoms with E-state index >= 15 is 0 Å². The predicted octanol–water partition coefficient (Wildman–Crippen LogP) is 10.3. The lowest BCUT2D eigenvalue weighted by Gasteiger charge is -2.37. The second kappa shape index (κ2) is 18.7. The minimum Gasteiger partial charge on any atom is -0.449 e. The zero-order chi connectivity index (χ0) is 36.3. The van der Waals surface area contributed by atoms with Crippen molar-refractivity contribution >= 4 is 31.5 Å². The van der Waals surface area contributed by atoms with Crippen molar-refractivity contribution in [1.29, 1.82) is 0 Å². The van der Waals surface area contributed by atoms with Gasteiger partial charge in [0.15, 0.2) is 5.12 Å². The van der Waals surface area contributed by atoms with Gasteiger partial charge in [0.1, 0.15) is 6.61 Å². The van der Waals surface area contributed by atoms with Gasteiger partial charge in [-0.3, -0.25) is 4.79 Å². The topological polar surface area (TPSA) is 73.9 Å². The Morgan fingerprint density at radius 3 is 1.98 bits per heavy atom. The Labute approximate surface area is 305 Å². The number of benzene rings is 3. The molecule has 1 amide bonds. The molecule has 0 saturated carbocycles. The van der Waals surface area contributed by atoms with Crippen LogP contribution in [0.5, 0.6) is 0 Å². The van der Waals surface area contributed by atoms with Gasteiger partial charge in [0, 0.05) is 11.7 Å². The summed E-state index contributed by atoms with van der Waals surface area (Å²) in [4.78, 5) is 27.1. The molecule has 1 aliphatic rings. The molecule has 50 heavy (non-hydrogen) atoms. The fourth-order valence-corrected chi connectivity index (χ4v) is 9.69. The third kappa shape index (κ3) is 11.0. The summed E-state index contributed by atoms with van der Waals surface area (Å²) < 4.78 is 19.5. The summed E-state index contributed by atoms with van der Waals surface area (Å²) in [5.74, 6) is 0.795. The first-order valence-corrected chi connectivity index (χ1v) is 21.6. The average molecular weight is 714 g/mol. The Morgan fingerprint density at radius 2 is 1.42 bits per heavy atom. The summed E-state index contributed by atoms with van der Waals surface area (Å²) >= 11 is 1.33. The lowest BCUT2D eigenvalue weighted by Crippen LogP contribution is -2.52. The van der Waals surface area contributed by atoms with Crippen molar-refractivity contribution in [2.45, 2.75) is 90.0 Å². The van der Waals surface area contributed by atoms with Crippen LogP contribution in [-0.2, 0) is 24.1 Å². The molecule has 0 saturated heterocycles. The van der Waals surface area contributed by atoms with E-state index in [1.54, 1.807) is 6.08 Å². The summed E-state index contributed by atoms with van der Waals surface area (Å²) in [5.41, 5.74) is 5.82. The standard InChI is InChI=1S/C42H55NO5SSi/c1-9-18-40(48-50(7,8)47-39(10-2)36(25-29(3)4)41(44)49-28-31-19-12-11-13-20-31)38(26-30(5)6)43-42(45)46-27-37-34-23-16-14-21-32(34)33-22-15-17-24-35(33)37/h9-17,19-24,29-30,36-40H,1-2,18,25-28H2,3-8H3,(H,43,45)/t36-,38+,39+,40+/m1/s1. The molecule has 3 aromatic rings. The van der Waals surface area contributed by atoms with Crippen LogP contribution in [0.3, 0.4) is 0 Å². The minimum atomic E-state index is -2.89. The Morgan fingerprint density at radius 1 is 0.840 bits per heavy atom. The van der Waals surface area contributed by atoms with Gasteiger partial charge in [-0.05, 0) is 72.0 Å². The van der Waals surface area contributed by atoms with Crippen molar-refractivity contribution in [3.8, 4) is 11.1 Å². The van der Waals surface area contributed by atoms with E-state index in [4.69, 9.17) is 13.6 Å². The van der Waals surface area contributed by atoms with Gasteiger partial charge in [-0.1, -0.05) is 130 Å². The third-order valence-electron chi connectivity index (χ3n) is 8.96. The first-order valence-electron chi connectivity index (χ1n) is 17.8. The van der Waals surface area contributed by atoms with Gasteiger partial charge in [0.25, 0.3) is 0 Å². The van der Waals surface area contributed by atoms with E-state index in [0.29, 0.717) is 30.9 Å². The molecule has 0 spiro atoms. The Bertz CT molecular complexity index is 1530. The fourth-order valence-electron chi connectivity index (χ4n) is 6.78. The molecule has 4 rings (SSSR count). The molecule has 1 N–H and O–H groups in total. The van der Waals surface area contributed by atoms with E-state index in [1.807, 2.05) is 73.8 Å². The summed E-state index contributed by atoms with van der Waals surface area (Å²) in [6, 6.07) is 26.3. The minimum absolute atomic E-state index is 0.0279. The fraction of sp³-hybridized carbons (Fsp3) is 0.429. The largest absolute Gasteiger partial charge is 0.449 e. The van der Waals surface area contributed by atoms with Crippen molar-refractivity contribution in [2.24, 2.45) is 17.8 Å². The number of carbonyl (C=O) groups excluding carboxylic acids is 2. The van der Waals surface area contributed by atoms with Crippen LogP contribution in [0.25, 0.3) is 11.1 Å². The molecule has 1 aliphatic carbocycles. The summed E-state index contributed by atoms with van der Waals surface area (Å²) in [5, 5.41) is 3.24. The Hall–Kier alpha value is -3.43. The zero-order valence-electron chi connectivity index (χ0n) is 30.6. The molecular formula is C42H55NO5SSi. The van der Waals surface area contributed by atoms with Gasteiger partial charge in [-0.25, -0.2) is 4.79 Å². The van der Waals surface area contributed by atoms with Gasteiger partial charge < -0.3 is 18.9 Å². The van der Waals surface area contributed by atoms with Gasteiger partial charge in [-0.2, -0.15) is 0 Å². The number of thioether (sulfide) groups is 1. The molecule has 0 aromatic heterocycles. The molecule has 0 heterocycles. The zero-order valence-corrected chi connectivity index (χ0v) is 32.4. The highest BCUT2D eigenvalue weighted by atomic mass is 32.2. The maximum Gasteiger partial charge on any atom is 0.407 e. The van der Waals surface area contributed by atoms with Crippen LogP contribution in [0.1, 0.15) is 69.6 Å². The molecule has 0 bridgehead atoms. The van der Waals surface area contributed by atoms with E-state index in [2.05, 4.69) is 70.4 Å². The van der Waals surface area contributed by atoms with Gasteiger partial charge >= 0.3 is 14.7 Å². The first kappa shape index (κ1) is 39.4. The number of ether oxygens (including phenoxy) is 1. The smallest absolute Gasteiger partial charge is 0.407 e. The molecule has 3 aromatic carbocycles. The van der Waals surface area contributed by atoms with E-state index in [9.17, 15) is 9.59 Å². The van der Waals surface area contributed by atoms with Crippen molar-refractivity contribution in [2.75, 3.05) is 6.61 Å². The van der Waals surface area contributed by atoms with Crippen LogP contribution in [-0.4, -0.2) is 44.6 Å². The SMILES string of the molecule is C=CC[C@H](O[Si](C)(C)O[C@@H](C=C)[C@@H](CC(C)C)C(=O)SCc1ccccc1)[C@H](CC(C)C)NC(=O)OCC1c2ccccc2-c2ccccc21. The van der Waals surface area contributed by atoms with Gasteiger partial charge in [0.05, 0.1) is 24.2 Å². The molecule has 0 aliphatic heterocycles. The highest BCUT2D eigenvalue weighted by Gasteiger charge is 2.39. The molecule has 0 unspecified atom stereocenters. The summed E-state index contributed by atoms with van der Waals surface area (Å²) in [7, 11) is -2.89. The average Bonchev–Trinajstić information content (AvgIpc) is 3.41.